The number of hydrogen-bond acceptors (Lipinski definition) is 4. The number of fused-ring (bicyclic) bond motifs is 1. The van der Waals surface area contributed by atoms with Gasteiger partial charge >= 0.3 is 6.36 Å². The number of benzene rings is 2. The molecule has 1 atom stereocenters. The number of hydrogen-bond donors (Lipinski definition) is 1. The lowest BCUT2D eigenvalue weighted by atomic mass is 9.92. The number of aromatic amines is 1. The smallest absolute Gasteiger partial charge is 0.405 e. The van der Waals surface area contributed by atoms with Gasteiger partial charge < -0.3 is 9.72 Å². The van der Waals surface area contributed by atoms with Crippen molar-refractivity contribution < 1.29 is 30.7 Å². The van der Waals surface area contributed by atoms with Crippen LogP contribution in [-0.4, -0.2) is 42.6 Å². The van der Waals surface area contributed by atoms with E-state index >= 15 is 0 Å². The second-order valence-electron chi connectivity index (χ2n) is 7.78. The van der Waals surface area contributed by atoms with E-state index in [1.165, 1.54) is 30.3 Å². The highest BCUT2D eigenvalue weighted by atomic mass is 35.5. The van der Waals surface area contributed by atoms with E-state index in [9.17, 15) is 26.0 Å². The molecule has 0 saturated carbocycles. The van der Waals surface area contributed by atoms with Gasteiger partial charge in [-0.3, -0.25) is 0 Å². The highest BCUT2D eigenvalue weighted by Gasteiger charge is 2.35. The van der Waals surface area contributed by atoms with E-state index in [2.05, 4.69) is 14.7 Å². The summed E-state index contributed by atoms with van der Waals surface area (Å²) in [4.78, 5) is 7.67. The molecule has 0 bridgehead atoms. The molecule has 3 aromatic rings. The zero-order valence-corrected chi connectivity index (χ0v) is 20.2. The maximum Gasteiger partial charge on any atom is 0.573 e. The number of imidazole rings is 1. The first-order valence-electron chi connectivity index (χ1n) is 10.3. The third kappa shape index (κ3) is 5.65. The van der Waals surface area contributed by atoms with Crippen LogP contribution >= 0.6 is 23.2 Å². The average Bonchev–Trinajstić information content (AvgIpc) is 3.16. The summed E-state index contributed by atoms with van der Waals surface area (Å²) < 4.78 is 79.3. The van der Waals surface area contributed by atoms with Crippen LogP contribution in [0.3, 0.4) is 0 Å². The Bertz CT molecular complexity index is 1370. The predicted octanol–water partition coefficient (Wildman–Crippen LogP) is 5.91. The summed E-state index contributed by atoms with van der Waals surface area (Å²) in [7, 11) is -3.68. The largest absolute Gasteiger partial charge is 0.573 e. The normalized spacial score (nSPS) is 16.3. The maximum atomic E-state index is 12.9. The van der Waals surface area contributed by atoms with E-state index in [4.69, 9.17) is 23.2 Å². The predicted molar refractivity (Wildman–Crippen MR) is 125 cm³/mol. The molecule has 0 radical (unpaired) electrons. The van der Waals surface area contributed by atoms with Crippen LogP contribution in [0.4, 0.5) is 17.6 Å². The first-order chi connectivity index (χ1) is 16.5. The van der Waals surface area contributed by atoms with Crippen LogP contribution in [0.2, 0.25) is 0 Å². The number of sulfone groups is 1. The van der Waals surface area contributed by atoms with Crippen molar-refractivity contribution in [3.63, 3.8) is 0 Å². The summed E-state index contributed by atoms with van der Waals surface area (Å²) in [6.45, 7) is -0.966. The van der Waals surface area contributed by atoms with Crippen molar-refractivity contribution in [3.8, 4) is 5.75 Å². The van der Waals surface area contributed by atoms with Crippen LogP contribution in [0.15, 0.2) is 53.4 Å². The molecule has 2 aromatic carbocycles. The molecule has 1 heterocycles. The van der Waals surface area contributed by atoms with Gasteiger partial charge in [0.2, 0.25) is 0 Å². The highest BCUT2D eigenvalue weighted by molar-refractivity contribution is 7.91. The number of nitrogens with one attached hydrogen (secondary N) is 1. The second-order valence-corrected chi connectivity index (χ2v) is 10.8. The fourth-order valence-corrected chi connectivity index (χ4v) is 5.66. The number of aromatic nitrogens is 2. The van der Waals surface area contributed by atoms with Gasteiger partial charge in [0.1, 0.15) is 23.9 Å². The Hall–Kier alpha value is -2.56. The molecule has 0 spiro atoms. The number of nitrogens with zero attached hydrogens (tertiary/aromatic N) is 1. The van der Waals surface area contributed by atoms with Gasteiger partial charge in [0, 0.05) is 29.7 Å². The van der Waals surface area contributed by atoms with Crippen molar-refractivity contribution in [2.24, 2.45) is 0 Å². The fourth-order valence-electron chi connectivity index (χ4n) is 3.84. The van der Waals surface area contributed by atoms with Gasteiger partial charge in [-0.05, 0) is 23.8 Å². The van der Waals surface area contributed by atoms with Crippen LogP contribution in [-0.2, 0) is 22.7 Å². The van der Waals surface area contributed by atoms with Crippen molar-refractivity contribution in [2.75, 3.05) is 12.4 Å². The summed E-state index contributed by atoms with van der Waals surface area (Å²) in [6.07, 6.45) is -4.34. The van der Waals surface area contributed by atoms with Crippen LogP contribution in [0.1, 0.15) is 28.3 Å². The van der Waals surface area contributed by atoms with Crippen LogP contribution < -0.4 is 4.74 Å². The SMILES string of the molecule is O=S(=O)(CCF)c1ccc(Cc2nc3c([nH]2)CC(Cl)C(c2ccccc2OC(F)(F)F)=C3Cl)cc1. The molecule has 1 aromatic heterocycles. The van der Waals surface area contributed by atoms with Crippen molar-refractivity contribution in [3.05, 3.63) is 76.9 Å². The number of allylic oxidation sites excluding steroid dienone is 1. The monoisotopic (exact) mass is 548 g/mol. The number of alkyl halides is 5. The molecule has 1 aliphatic carbocycles. The second kappa shape index (κ2) is 9.83. The van der Waals surface area contributed by atoms with E-state index in [-0.39, 0.29) is 27.5 Å². The van der Waals surface area contributed by atoms with Crippen LogP contribution in [0.5, 0.6) is 5.75 Å². The van der Waals surface area contributed by atoms with Crippen molar-refractivity contribution in [1.29, 1.82) is 0 Å². The molecule has 4 rings (SSSR count). The van der Waals surface area contributed by atoms with E-state index < -0.39 is 39.8 Å². The topological polar surface area (TPSA) is 72.0 Å². The van der Waals surface area contributed by atoms with Gasteiger partial charge in [-0.15, -0.1) is 24.8 Å². The third-order valence-corrected chi connectivity index (χ3v) is 7.81. The summed E-state index contributed by atoms with van der Waals surface area (Å²) in [5, 5.41) is -0.624. The zero-order chi connectivity index (χ0) is 25.4. The average molecular weight is 549 g/mol. The maximum absolute atomic E-state index is 12.9. The fraction of sp³-hybridized carbons (Fsp3) is 0.261. The lowest BCUT2D eigenvalue weighted by Gasteiger charge is -2.23. The Balaban J connectivity index is 1.63. The Morgan fingerprint density at radius 1 is 1.11 bits per heavy atom. The highest BCUT2D eigenvalue weighted by Crippen LogP contribution is 2.44. The Kier molecular flexibility index (Phi) is 7.17. The molecule has 0 saturated heterocycles. The molecule has 1 aliphatic rings. The summed E-state index contributed by atoms with van der Waals surface area (Å²) in [5.74, 6) is -0.487. The lowest BCUT2D eigenvalue weighted by Crippen LogP contribution is -2.20. The molecule has 1 unspecified atom stereocenters. The molecular weight excluding hydrogens is 531 g/mol. The molecule has 1 N–H and O–H groups in total. The van der Waals surface area contributed by atoms with Gasteiger partial charge in [-0.25, -0.2) is 17.8 Å². The minimum Gasteiger partial charge on any atom is -0.405 e. The molecule has 0 aliphatic heterocycles. The molecule has 12 heteroatoms. The van der Waals surface area contributed by atoms with Crippen LogP contribution in [0, 0.1) is 0 Å². The molecular formula is C23H18Cl2F4N2O3S. The van der Waals surface area contributed by atoms with Crippen LogP contribution in [0.25, 0.3) is 10.6 Å². The molecule has 186 valence electrons. The van der Waals surface area contributed by atoms with Gasteiger partial charge in [0.05, 0.1) is 21.1 Å². The number of ether oxygens (including phenoxy) is 1. The minimum absolute atomic E-state index is 0.0259. The quantitative estimate of drug-likeness (QED) is 0.294. The van der Waals surface area contributed by atoms with Crippen molar-refractivity contribution >= 4 is 43.6 Å². The third-order valence-electron chi connectivity index (χ3n) is 5.37. The molecule has 5 nitrogen and oxygen atoms in total. The Morgan fingerprint density at radius 3 is 2.46 bits per heavy atom. The molecule has 0 amide bonds. The minimum atomic E-state index is -4.88. The van der Waals surface area contributed by atoms with Crippen molar-refractivity contribution in [1.82, 2.24) is 9.97 Å². The number of halogens is 6. The summed E-state index contributed by atoms with van der Waals surface area (Å²) in [5.41, 5.74) is 2.14. The van der Waals surface area contributed by atoms with Crippen molar-refractivity contribution in [2.45, 2.75) is 29.5 Å². The zero-order valence-electron chi connectivity index (χ0n) is 17.9. The van der Waals surface area contributed by atoms with Gasteiger partial charge in [0.15, 0.2) is 9.84 Å². The van der Waals surface area contributed by atoms with Gasteiger partial charge in [-0.2, -0.15) is 0 Å². The summed E-state index contributed by atoms with van der Waals surface area (Å²) in [6, 6.07) is 11.6. The number of para-hydroxylation sites is 1. The lowest BCUT2D eigenvalue weighted by molar-refractivity contribution is -0.274. The number of rotatable bonds is 7. The summed E-state index contributed by atoms with van der Waals surface area (Å²) >= 11 is 13.1. The van der Waals surface area contributed by atoms with E-state index in [1.54, 1.807) is 18.2 Å². The van der Waals surface area contributed by atoms with E-state index in [0.29, 0.717) is 23.6 Å². The standard InChI is InChI=1S/C23H18Cl2F4N2O3S/c24-16-12-17-22(21(25)20(16)15-3-1-2-4-18(15)34-23(27,28)29)31-19(30-17)11-13-5-7-14(8-6-13)35(32,33)10-9-26/h1-8,16H,9-12H2,(H,30,31). The first-order valence-corrected chi connectivity index (χ1v) is 12.8. The Labute approximate surface area is 208 Å². The Morgan fingerprint density at radius 2 is 1.80 bits per heavy atom. The molecule has 0 fully saturated rings. The molecule has 35 heavy (non-hydrogen) atoms. The van der Waals surface area contributed by atoms with E-state index in [0.717, 1.165) is 5.56 Å². The van der Waals surface area contributed by atoms with Gasteiger partial charge in [0.25, 0.3) is 0 Å². The van der Waals surface area contributed by atoms with Gasteiger partial charge in [-0.1, -0.05) is 41.9 Å². The number of H-pyrrole nitrogens is 1. The van der Waals surface area contributed by atoms with E-state index in [1.807, 2.05) is 0 Å². The first kappa shape index (κ1) is 25.5.